The Morgan fingerprint density at radius 2 is 1.47 bits per heavy atom. The fourth-order valence-electron chi connectivity index (χ4n) is 5.04. The Balaban J connectivity index is 1.55. The summed E-state index contributed by atoms with van der Waals surface area (Å²) in [5, 5.41) is 0.389. The molecule has 0 aliphatic rings. The Kier molecular flexibility index (Phi) is 12.0. The lowest BCUT2D eigenvalue weighted by Crippen LogP contribution is -2.34. The zero-order chi connectivity index (χ0) is 35.2. The van der Waals surface area contributed by atoms with Gasteiger partial charge in [0.25, 0.3) is 0 Å². The van der Waals surface area contributed by atoms with E-state index < -0.39 is 36.5 Å². The molecule has 260 valence electrons. The molecule has 1 unspecified atom stereocenters. The summed E-state index contributed by atoms with van der Waals surface area (Å²) in [4.78, 5) is 25.5. The second-order valence-electron chi connectivity index (χ2n) is 13.8. The number of rotatable bonds is 14. The van der Waals surface area contributed by atoms with E-state index in [1.165, 1.54) is 43.5 Å². The van der Waals surface area contributed by atoms with Crippen LogP contribution in [0.4, 0.5) is 22.0 Å². The highest BCUT2D eigenvalue weighted by Crippen LogP contribution is 2.38. The van der Waals surface area contributed by atoms with Crippen LogP contribution in [0.2, 0.25) is 0 Å². The fraction of sp³-hybridized carbons (Fsp3) is 0.543. The first-order valence-electron chi connectivity index (χ1n) is 15.4. The first kappa shape index (κ1) is 37.6. The van der Waals surface area contributed by atoms with Crippen molar-refractivity contribution in [3.63, 3.8) is 0 Å². The number of alkyl halides is 5. The Morgan fingerprint density at radius 1 is 0.830 bits per heavy atom. The average molecular weight is 671 g/mol. The van der Waals surface area contributed by atoms with E-state index in [1.54, 1.807) is 0 Å². The number of hydrogen-bond donors (Lipinski definition) is 0. The number of hydrogen-bond acceptors (Lipinski definition) is 7. The van der Waals surface area contributed by atoms with Gasteiger partial charge in [0.2, 0.25) is 5.92 Å². The van der Waals surface area contributed by atoms with Gasteiger partial charge in [0.1, 0.15) is 22.8 Å². The van der Waals surface area contributed by atoms with Crippen LogP contribution < -0.4 is 19.8 Å². The fourth-order valence-corrected chi connectivity index (χ4v) is 5.04. The number of methoxy groups -OCH3 is 1. The van der Waals surface area contributed by atoms with Crippen LogP contribution in [0.25, 0.3) is 22.1 Å². The molecule has 1 heterocycles. The van der Waals surface area contributed by atoms with Crippen molar-refractivity contribution >= 4 is 16.9 Å². The molecular weight excluding hydrogens is 627 g/mol. The molecule has 0 aliphatic heterocycles. The number of halogens is 5. The van der Waals surface area contributed by atoms with E-state index >= 15 is 0 Å². The van der Waals surface area contributed by atoms with Crippen molar-refractivity contribution in [2.24, 2.45) is 16.7 Å². The van der Waals surface area contributed by atoms with Crippen LogP contribution in [0.3, 0.4) is 0 Å². The second-order valence-corrected chi connectivity index (χ2v) is 13.8. The van der Waals surface area contributed by atoms with E-state index in [9.17, 15) is 31.5 Å². The Bertz CT molecular complexity index is 1570. The van der Waals surface area contributed by atoms with Crippen molar-refractivity contribution in [3.8, 4) is 28.4 Å². The van der Waals surface area contributed by atoms with Crippen LogP contribution in [0.15, 0.2) is 51.7 Å². The van der Waals surface area contributed by atoms with Crippen LogP contribution in [0.1, 0.15) is 73.6 Å². The molecule has 12 heteroatoms. The molecule has 0 N–H and O–H groups in total. The monoisotopic (exact) mass is 670 g/mol. The van der Waals surface area contributed by atoms with Gasteiger partial charge in [-0.05, 0) is 60.4 Å². The van der Waals surface area contributed by atoms with Gasteiger partial charge in [-0.2, -0.15) is 0 Å². The highest BCUT2D eigenvalue weighted by atomic mass is 19.4. The molecule has 0 radical (unpaired) electrons. The lowest BCUT2D eigenvalue weighted by atomic mass is 9.72. The lowest BCUT2D eigenvalue weighted by Gasteiger charge is -2.33. The first-order chi connectivity index (χ1) is 21.7. The molecular formula is C35H43F5O7. The summed E-state index contributed by atoms with van der Waals surface area (Å²) in [6, 6.07) is 9.49. The minimum atomic E-state index is -5.01. The largest absolute Gasteiger partial charge is 0.573 e. The summed E-state index contributed by atoms with van der Waals surface area (Å²) >= 11 is 0. The third kappa shape index (κ3) is 11.7. The lowest BCUT2D eigenvalue weighted by molar-refractivity contribution is -0.274. The molecule has 0 bridgehead atoms. The highest BCUT2D eigenvalue weighted by Gasteiger charge is 2.36. The van der Waals surface area contributed by atoms with E-state index in [4.69, 9.17) is 18.6 Å². The van der Waals surface area contributed by atoms with Gasteiger partial charge < -0.3 is 23.4 Å². The predicted octanol–water partition coefficient (Wildman–Crippen LogP) is 9.58. The average Bonchev–Trinajstić information content (AvgIpc) is 2.94. The molecule has 2 aromatic carbocycles. The third-order valence-corrected chi connectivity index (χ3v) is 7.45. The van der Waals surface area contributed by atoms with Gasteiger partial charge in [0.05, 0.1) is 31.8 Å². The third-order valence-electron chi connectivity index (χ3n) is 7.45. The second kappa shape index (κ2) is 14.9. The van der Waals surface area contributed by atoms with Crippen LogP contribution in [0, 0.1) is 16.7 Å². The summed E-state index contributed by atoms with van der Waals surface area (Å²) < 4.78 is 93.5. The maximum atomic E-state index is 14.5. The maximum absolute atomic E-state index is 14.5. The zero-order valence-corrected chi connectivity index (χ0v) is 27.8. The van der Waals surface area contributed by atoms with Crippen LogP contribution >= 0.6 is 0 Å². The Hall–Kier alpha value is -3.83. The van der Waals surface area contributed by atoms with Gasteiger partial charge in [-0.1, -0.05) is 41.5 Å². The SMILES string of the molecule is COc1ccc(-c2cc3ccc(OCCCC(F)(F)CCCOC(=O)C(CC(C)(C)C)C(C)(C)C)cc3oc2=O)c(OC(F)(F)F)c1. The summed E-state index contributed by atoms with van der Waals surface area (Å²) in [6.07, 6.45) is -5.20. The summed E-state index contributed by atoms with van der Waals surface area (Å²) in [5.41, 5.74) is -1.53. The maximum Gasteiger partial charge on any atom is 0.573 e. The zero-order valence-electron chi connectivity index (χ0n) is 27.8. The van der Waals surface area contributed by atoms with Gasteiger partial charge in [0.15, 0.2) is 0 Å². The smallest absolute Gasteiger partial charge is 0.497 e. The predicted molar refractivity (Wildman–Crippen MR) is 168 cm³/mol. The number of benzene rings is 2. The van der Waals surface area contributed by atoms with Crippen LogP contribution in [-0.2, 0) is 9.53 Å². The van der Waals surface area contributed by atoms with Crippen LogP contribution in [0.5, 0.6) is 17.2 Å². The van der Waals surface area contributed by atoms with Crippen molar-refractivity contribution < 1.29 is 50.1 Å². The van der Waals surface area contributed by atoms with Gasteiger partial charge >= 0.3 is 18.0 Å². The standard InChI is InChI=1S/C35H43F5O7/c1-32(2,3)21-27(33(4,5)6)31(42)45-17-9-15-34(36,37)14-8-16-44-24-11-10-22-18-26(30(41)46-28(22)20-24)25-13-12-23(43-7)19-29(25)47-35(38,39)40/h10-13,18-20,27H,8-9,14-17,21H2,1-7H3. The molecule has 1 atom stereocenters. The van der Waals surface area contributed by atoms with E-state index in [2.05, 4.69) is 4.74 Å². The molecule has 0 spiro atoms. The van der Waals surface area contributed by atoms with Crippen molar-refractivity contribution in [2.75, 3.05) is 20.3 Å². The molecule has 0 saturated heterocycles. The van der Waals surface area contributed by atoms with E-state index in [0.29, 0.717) is 11.8 Å². The van der Waals surface area contributed by atoms with Gasteiger partial charge in [-0.25, -0.2) is 13.6 Å². The number of carbonyl (C=O) groups is 1. The molecule has 3 rings (SSSR count). The number of esters is 1. The van der Waals surface area contributed by atoms with Crippen molar-refractivity contribution in [1.29, 1.82) is 0 Å². The molecule has 47 heavy (non-hydrogen) atoms. The number of ether oxygens (including phenoxy) is 4. The molecule has 0 saturated carbocycles. The van der Waals surface area contributed by atoms with Crippen LogP contribution in [-0.4, -0.2) is 38.6 Å². The topological polar surface area (TPSA) is 84.2 Å². The Morgan fingerprint density at radius 3 is 2.06 bits per heavy atom. The molecule has 1 aromatic heterocycles. The van der Waals surface area contributed by atoms with Crippen molar-refractivity contribution in [1.82, 2.24) is 0 Å². The number of carbonyl (C=O) groups excluding carboxylic acids is 1. The minimum absolute atomic E-state index is 0.0258. The van der Waals surface area contributed by atoms with Gasteiger partial charge in [-0.15, -0.1) is 13.2 Å². The normalized spacial score (nSPS) is 13.4. The molecule has 0 fully saturated rings. The van der Waals surface area contributed by atoms with Gasteiger partial charge in [-0.3, -0.25) is 4.79 Å². The summed E-state index contributed by atoms with van der Waals surface area (Å²) in [5.74, 6) is -3.96. The molecule has 0 aliphatic carbocycles. The Labute approximate surface area is 271 Å². The van der Waals surface area contributed by atoms with Crippen molar-refractivity contribution in [2.45, 2.75) is 85.9 Å². The summed E-state index contributed by atoms with van der Waals surface area (Å²) in [6.45, 7) is 11.9. The molecule has 3 aromatic rings. The van der Waals surface area contributed by atoms with E-state index in [1.807, 2.05) is 41.5 Å². The summed E-state index contributed by atoms with van der Waals surface area (Å²) in [7, 11) is 1.28. The quantitative estimate of drug-likeness (QED) is 0.0731. The van der Waals surface area contributed by atoms with E-state index in [-0.39, 0.29) is 77.0 Å². The first-order valence-corrected chi connectivity index (χ1v) is 15.4. The van der Waals surface area contributed by atoms with E-state index in [0.717, 1.165) is 6.07 Å². The van der Waals surface area contributed by atoms with Crippen molar-refractivity contribution in [3.05, 3.63) is 52.9 Å². The highest BCUT2D eigenvalue weighted by molar-refractivity contribution is 5.84. The molecule has 0 amide bonds. The van der Waals surface area contributed by atoms with Gasteiger partial charge in [0, 0.05) is 35.9 Å². The minimum Gasteiger partial charge on any atom is -0.497 e. The number of fused-ring (bicyclic) bond motifs is 1. The molecule has 7 nitrogen and oxygen atoms in total.